The van der Waals surface area contributed by atoms with Gasteiger partial charge in [-0.2, -0.15) is 0 Å². The maximum Gasteiger partial charge on any atom is 0.132 e. The van der Waals surface area contributed by atoms with Gasteiger partial charge < -0.3 is 5.11 Å². The number of phenols is 1. The third-order valence-corrected chi connectivity index (χ3v) is 3.99. The molecule has 0 saturated carbocycles. The third-order valence-electron chi connectivity index (χ3n) is 2.76. The number of rotatable bonds is 4. The van der Waals surface area contributed by atoms with Crippen molar-refractivity contribution in [3.8, 4) is 5.75 Å². The summed E-state index contributed by atoms with van der Waals surface area (Å²) in [5.74, 6) is 0.366. The van der Waals surface area contributed by atoms with E-state index in [4.69, 9.17) is 0 Å². The minimum absolute atomic E-state index is 0.366. The standard InChI is InChI=1S/C16H16OS/c1-3-7-13-9-6-11-15(16(13)17)18-14-10-5-4-8-12(14)2/h3-6,8-11,17H,1,7H2,2H3. The van der Waals surface area contributed by atoms with Gasteiger partial charge in [-0.05, 0) is 36.6 Å². The highest BCUT2D eigenvalue weighted by Crippen LogP contribution is 2.37. The zero-order chi connectivity index (χ0) is 13.0. The van der Waals surface area contributed by atoms with Gasteiger partial charge in [-0.15, -0.1) is 6.58 Å². The number of benzene rings is 2. The van der Waals surface area contributed by atoms with Gasteiger partial charge in [0.1, 0.15) is 5.75 Å². The van der Waals surface area contributed by atoms with E-state index in [-0.39, 0.29) is 0 Å². The van der Waals surface area contributed by atoms with Crippen LogP contribution in [0.4, 0.5) is 0 Å². The lowest BCUT2D eigenvalue weighted by Gasteiger charge is -2.09. The van der Waals surface area contributed by atoms with Crippen LogP contribution in [-0.4, -0.2) is 5.11 Å². The number of para-hydroxylation sites is 1. The molecule has 0 heterocycles. The predicted molar refractivity (Wildman–Crippen MR) is 77.3 cm³/mol. The molecule has 0 fully saturated rings. The van der Waals surface area contributed by atoms with Crippen LogP contribution >= 0.6 is 11.8 Å². The molecular weight excluding hydrogens is 240 g/mol. The van der Waals surface area contributed by atoms with Gasteiger partial charge in [-0.25, -0.2) is 0 Å². The van der Waals surface area contributed by atoms with E-state index in [0.717, 1.165) is 10.5 Å². The molecule has 0 amide bonds. The molecule has 2 aromatic rings. The Labute approximate surface area is 112 Å². The SMILES string of the molecule is C=CCc1cccc(Sc2ccccc2C)c1O. The number of hydrogen-bond acceptors (Lipinski definition) is 2. The van der Waals surface area contributed by atoms with Crippen LogP contribution in [0.2, 0.25) is 0 Å². The summed E-state index contributed by atoms with van der Waals surface area (Å²) in [6.45, 7) is 5.78. The lowest BCUT2D eigenvalue weighted by atomic mass is 10.1. The van der Waals surface area contributed by atoms with Crippen molar-refractivity contribution in [1.82, 2.24) is 0 Å². The molecule has 0 aliphatic carbocycles. The highest BCUT2D eigenvalue weighted by atomic mass is 32.2. The molecule has 1 N–H and O–H groups in total. The van der Waals surface area contributed by atoms with Crippen molar-refractivity contribution < 1.29 is 5.11 Å². The summed E-state index contributed by atoms with van der Waals surface area (Å²) in [5.41, 5.74) is 2.14. The Bertz CT molecular complexity index is 561. The zero-order valence-electron chi connectivity index (χ0n) is 10.4. The Morgan fingerprint density at radius 1 is 1.11 bits per heavy atom. The van der Waals surface area contributed by atoms with Crippen LogP contribution in [0.5, 0.6) is 5.75 Å². The van der Waals surface area contributed by atoms with E-state index in [1.165, 1.54) is 10.5 Å². The Morgan fingerprint density at radius 3 is 2.56 bits per heavy atom. The fraction of sp³-hybridized carbons (Fsp3) is 0.125. The molecule has 0 spiro atoms. The third kappa shape index (κ3) is 2.77. The van der Waals surface area contributed by atoms with Crippen molar-refractivity contribution in [3.63, 3.8) is 0 Å². The topological polar surface area (TPSA) is 20.2 Å². The largest absolute Gasteiger partial charge is 0.506 e. The lowest BCUT2D eigenvalue weighted by molar-refractivity contribution is 0.456. The van der Waals surface area contributed by atoms with Crippen LogP contribution in [0.15, 0.2) is 64.9 Å². The molecule has 0 atom stereocenters. The molecular formula is C16H16OS. The van der Waals surface area contributed by atoms with Gasteiger partial charge in [0, 0.05) is 4.90 Å². The first-order valence-corrected chi connectivity index (χ1v) is 6.69. The van der Waals surface area contributed by atoms with Crippen LogP contribution in [0, 0.1) is 6.92 Å². The molecule has 0 bridgehead atoms. The Hall–Kier alpha value is -1.67. The first-order chi connectivity index (χ1) is 8.72. The average Bonchev–Trinajstić information content (AvgIpc) is 2.37. The fourth-order valence-electron chi connectivity index (χ4n) is 1.76. The molecule has 0 aliphatic rings. The van der Waals surface area contributed by atoms with Crippen LogP contribution < -0.4 is 0 Å². The highest BCUT2D eigenvalue weighted by Gasteiger charge is 2.08. The number of hydrogen-bond donors (Lipinski definition) is 1. The quantitative estimate of drug-likeness (QED) is 0.808. The summed E-state index contributed by atoms with van der Waals surface area (Å²) < 4.78 is 0. The van der Waals surface area contributed by atoms with Gasteiger partial charge in [0.2, 0.25) is 0 Å². The normalized spacial score (nSPS) is 10.3. The highest BCUT2D eigenvalue weighted by molar-refractivity contribution is 7.99. The van der Waals surface area contributed by atoms with Gasteiger partial charge in [0.25, 0.3) is 0 Å². The molecule has 92 valence electrons. The first-order valence-electron chi connectivity index (χ1n) is 5.87. The molecule has 1 nitrogen and oxygen atoms in total. The molecule has 0 saturated heterocycles. The molecule has 2 aromatic carbocycles. The van der Waals surface area contributed by atoms with Gasteiger partial charge >= 0.3 is 0 Å². The second-order valence-electron chi connectivity index (χ2n) is 4.12. The van der Waals surface area contributed by atoms with E-state index in [9.17, 15) is 5.11 Å². The number of phenolic OH excluding ortho intramolecular Hbond substituents is 1. The first kappa shape index (κ1) is 12.8. The summed E-state index contributed by atoms with van der Waals surface area (Å²) in [7, 11) is 0. The summed E-state index contributed by atoms with van der Waals surface area (Å²) in [6, 6.07) is 14.0. The summed E-state index contributed by atoms with van der Waals surface area (Å²) in [5, 5.41) is 10.2. The van der Waals surface area contributed by atoms with Gasteiger partial charge in [0.15, 0.2) is 0 Å². The monoisotopic (exact) mass is 256 g/mol. The maximum atomic E-state index is 10.2. The minimum Gasteiger partial charge on any atom is -0.506 e. The van der Waals surface area contributed by atoms with Crippen LogP contribution in [0.25, 0.3) is 0 Å². The Kier molecular flexibility index (Phi) is 4.11. The van der Waals surface area contributed by atoms with E-state index in [1.807, 2.05) is 30.3 Å². The minimum atomic E-state index is 0.366. The molecule has 18 heavy (non-hydrogen) atoms. The van der Waals surface area contributed by atoms with Gasteiger partial charge in [-0.1, -0.05) is 48.2 Å². The van der Waals surface area contributed by atoms with Crippen LogP contribution in [0.1, 0.15) is 11.1 Å². The second kappa shape index (κ2) is 5.78. The summed E-state index contributed by atoms with van der Waals surface area (Å²) in [6.07, 6.45) is 2.49. The van der Waals surface area contributed by atoms with Crippen molar-refractivity contribution in [1.29, 1.82) is 0 Å². The molecule has 0 aromatic heterocycles. The van der Waals surface area contributed by atoms with E-state index >= 15 is 0 Å². The van der Waals surface area contributed by atoms with Crippen LogP contribution in [0.3, 0.4) is 0 Å². The Balaban J connectivity index is 2.32. The van der Waals surface area contributed by atoms with E-state index < -0.39 is 0 Å². The zero-order valence-corrected chi connectivity index (χ0v) is 11.2. The van der Waals surface area contributed by atoms with E-state index in [0.29, 0.717) is 12.2 Å². The Morgan fingerprint density at radius 2 is 1.83 bits per heavy atom. The molecule has 2 rings (SSSR count). The van der Waals surface area contributed by atoms with Gasteiger partial charge in [-0.3, -0.25) is 0 Å². The predicted octanol–water partition coefficient (Wildman–Crippen LogP) is 4.58. The van der Waals surface area contributed by atoms with E-state index in [2.05, 4.69) is 25.6 Å². The van der Waals surface area contributed by atoms with Crippen molar-refractivity contribution in [2.45, 2.75) is 23.1 Å². The second-order valence-corrected chi connectivity index (χ2v) is 5.21. The van der Waals surface area contributed by atoms with Crippen LogP contribution in [-0.2, 0) is 6.42 Å². The number of aryl methyl sites for hydroxylation is 1. The smallest absolute Gasteiger partial charge is 0.132 e. The summed E-state index contributed by atoms with van der Waals surface area (Å²) in [4.78, 5) is 2.06. The van der Waals surface area contributed by atoms with Crippen molar-refractivity contribution >= 4 is 11.8 Å². The lowest BCUT2D eigenvalue weighted by Crippen LogP contribution is -1.85. The molecule has 2 heteroatoms. The maximum absolute atomic E-state index is 10.2. The van der Waals surface area contributed by atoms with Crippen molar-refractivity contribution in [2.75, 3.05) is 0 Å². The average molecular weight is 256 g/mol. The summed E-state index contributed by atoms with van der Waals surface area (Å²) >= 11 is 1.60. The van der Waals surface area contributed by atoms with Crippen molar-refractivity contribution in [3.05, 3.63) is 66.2 Å². The van der Waals surface area contributed by atoms with E-state index in [1.54, 1.807) is 17.8 Å². The molecule has 0 aliphatic heterocycles. The molecule has 0 radical (unpaired) electrons. The number of allylic oxidation sites excluding steroid dienone is 1. The number of aromatic hydroxyl groups is 1. The fourth-order valence-corrected chi connectivity index (χ4v) is 2.75. The van der Waals surface area contributed by atoms with Gasteiger partial charge in [0.05, 0.1) is 4.90 Å². The van der Waals surface area contributed by atoms with Crippen molar-refractivity contribution in [2.24, 2.45) is 0 Å². The molecule has 0 unspecified atom stereocenters.